The van der Waals surface area contributed by atoms with Crippen LogP contribution in [0.5, 0.6) is 0 Å². The molecule has 0 unspecified atom stereocenters. The van der Waals surface area contributed by atoms with E-state index in [4.69, 9.17) is 0 Å². The molecule has 0 saturated carbocycles. The van der Waals surface area contributed by atoms with Crippen molar-refractivity contribution in [2.45, 2.75) is 0 Å². The average Bonchev–Trinajstić information content (AvgIpc) is 0. The maximum absolute atomic E-state index is 0. The topological polar surface area (TPSA) is 0 Å². The molecule has 0 atom stereocenters. The van der Waals surface area contributed by atoms with Crippen molar-refractivity contribution in [3.8, 4) is 0 Å². The molecule has 0 fully saturated rings. The first-order chi connectivity index (χ1) is 0. The van der Waals surface area contributed by atoms with Gasteiger partial charge in [0.1, 0.15) is 0 Å². The first kappa shape index (κ1) is 40.3. The van der Waals surface area contributed by atoms with E-state index >= 15 is 0 Å². The van der Waals surface area contributed by atoms with Gasteiger partial charge in [0.15, 0.2) is 0 Å². The summed E-state index contributed by atoms with van der Waals surface area (Å²) in [7, 11) is 0. The maximum atomic E-state index is 0. The van der Waals surface area contributed by atoms with Crippen molar-refractivity contribution in [1.82, 2.24) is 0 Å². The van der Waals surface area contributed by atoms with Gasteiger partial charge in [-0.05, 0) is 0 Å². The average molecular weight is 269 g/mol. The Morgan fingerprint density at radius 2 is 1.00 bits per heavy atom. The normalized spacial score (nSPS) is 0. The minimum absolute atomic E-state index is 0. The molecule has 0 saturated heterocycles. The van der Waals surface area contributed by atoms with Crippen molar-refractivity contribution in [2.24, 2.45) is 0 Å². The Morgan fingerprint density at radius 3 is 1.00 bits per heavy atom. The number of rotatable bonds is 0. The van der Waals surface area contributed by atoms with Crippen LogP contribution in [-0.4, -0.2) is 19.8 Å². The molecule has 24 valence electrons. The fourth-order valence-electron chi connectivity index (χ4n) is 0. The third-order valence-corrected chi connectivity index (χ3v) is 0. The quantitative estimate of drug-likeness (QED) is 0.485. The molecule has 0 aliphatic rings. The summed E-state index contributed by atoms with van der Waals surface area (Å²) < 4.78 is 0. The summed E-state index contributed by atoms with van der Waals surface area (Å²) in [5.41, 5.74) is 0. The molecule has 5 heteroatoms. The Balaban J connectivity index is 0. The molecule has 0 aliphatic carbocycles. The Labute approximate surface area is 101 Å². The van der Waals surface area contributed by atoms with Gasteiger partial charge in [-0.25, -0.2) is 0 Å². The molecular weight excluding hydrogens is 265 g/mol. The van der Waals surface area contributed by atoms with Crippen LogP contribution in [0.1, 0.15) is 0 Å². The molecule has 0 N–H and O–H groups in total. The number of hydrogen-bond acceptors (Lipinski definition) is 0. The van der Waals surface area contributed by atoms with Crippen LogP contribution in [0.4, 0.5) is 0 Å². The van der Waals surface area contributed by atoms with E-state index in [9.17, 15) is 0 Å². The molecular formula is H3CrGaScTiV. The van der Waals surface area contributed by atoms with Crippen molar-refractivity contribution in [2.75, 3.05) is 0 Å². The van der Waals surface area contributed by atoms with Crippen LogP contribution in [0, 0.1) is 0 Å². The van der Waals surface area contributed by atoms with Crippen LogP contribution in [0.15, 0.2) is 0 Å². The molecule has 0 aromatic carbocycles. The fraction of sp³-hybridized carbons (Fsp3) is 0. The summed E-state index contributed by atoms with van der Waals surface area (Å²) in [6, 6.07) is 0. The predicted octanol–water partition coefficient (Wildman–Crippen LogP) is -1.19. The standard InChI is InChI=1S/Cr.Ga.Sc.Ti.V.3H. The van der Waals surface area contributed by atoms with Crippen LogP contribution < -0.4 is 0 Å². The van der Waals surface area contributed by atoms with Crippen molar-refractivity contribution >= 4 is 19.8 Å². The van der Waals surface area contributed by atoms with Crippen molar-refractivity contribution in [3.63, 3.8) is 0 Å². The van der Waals surface area contributed by atoms with E-state index in [0.717, 1.165) is 0 Å². The first-order valence-corrected chi connectivity index (χ1v) is 0. The molecule has 0 heterocycles. The molecule has 2 radical (unpaired) electrons. The summed E-state index contributed by atoms with van der Waals surface area (Å²) in [5, 5.41) is 0. The van der Waals surface area contributed by atoms with E-state index in [1.807, 2.05) is 0 Å². The second kappa shape index (κ2) is 26.5. The van der Waals surface area contributed by atoms with Crippen LogP contribution in [0.3, 0.4) is 0 Å². The predicted molar refractivity (Wildman–Crippen MR) is 9.94 cm³/mol. The smallest absolute Gasteiger partial charge is 0 e. The van der Waals surface area contributed by atoms with Crippen LogP contribution in [0.25, 0.3) is 0 Å². The largest absolute Gasteiger partial charge is 0 e. The first-order valence-electron chi connectivity index (χ1n) is 0. The van der Waals surface area contributed by atoms with Crippen LogP contribution in [0.2, 0.25) is 0 Å². The Bertz CT molecular complexity index is 11.6. The van der Waals surface area contributed by atoms with Gasteiger partial charge in [-0.15, -0.1) is 0 Å². The van der Waals surface area contributed by atoms with Crippen molar-refractivity contribution < 1.29 is 83.5 Å². The third-order valence-electron chi connectivity index (χ3n) is 0. The van der Waals surface area contributed by atoms with Gasteiger partial charge in [-0.1, -0.05) is 0 Å². The number of hydrogen-bond donors (Lipinski definition) is 0. The summed E-state index contributed by atoms with van der Waals surface area (Å²) in [5.74, 6) is 0. The van der Waals surface area contributed by atoms with Gasteiger partial charge >= 0.3 is 19.8 Å². The van der Waals surface area contributed by atoms with E-state index in [2.05, 4.69) is 0 Å². The van der Waals surface area contributed by atoms with Crippen molar-refractivity contribution in [3.05, 3.63) is 0 Å². The third kappa shape index (κ3) is 18.8. The Kier molecular flexibility index (Phi) is 213. The van der Waals surface area contributed by atoms with Crippen molar-refractivity contribution in [1.29, 1.82) is 0 Å². The van der Waals surface area contributed by atoms with Crippen LogP contribution >= 0.6 is 0 Å². The van der Waals surface area contributed by atoms with Gasteiger partial charge in [-0.2, -0.15) is 0 Å². The van der Waals surface area contributed by atoms with E-state index in [1.165, 1.54) is 0 Å². The van der Waals surface area contributed by atoms with Gasteiger partial charge in [0.2, 0.25) is 0 Å². The van der Waals surface area contributed by atoms with Gasteiger partial charge in [0.05, 0.1) is 0 Å². The summed E-state index contributed by atoms with van der Waals surface area (Å²) in [6.07, 6.45) is 0. The molecule has 0 rings (SSSR count). The minimum atomic E-state index is 0. The van der Waals surface area contributed by atoms with Gasteiger partial charge in [-0.3, -0.25) is 0 Å². The van der Waals surface area contributed by atoms with E-state index in [1.54, 1.807) is 0 Å². The van der Waals surface area contributed by atoms with Gasteiger partial charge in [0, 0.05) is 83.5 Å². The van der Waals surface area contributed by atoms with Crippen LogP contribution in [-0.2, 0) is 83.5 Å². The summed E-state index contributed by atoms with van der Waals surface area (Å²) in [4.78, 5) is 0. The zero-order valence-corrected chi connectivity index (χ0v) is 7.97. The molecule has 0 aromatic rings. The van der Waals surface area contributed by atoms with E-state index in [0.29, 0.717) is 0 Å². The maximum Gasteiger partial charge on any atom is 0 e. The van der Waals surface area contributed by atoms with E-state index in [-0.39, 0.29) is 103 Å². The zero-order chi connectivity index (χ0) is 0. The monoisotopic (exact) mass is 268 g/mol. The van der Waals surface area contributed by atoms with Gasteiger partial charge < -0.3 is 0 Å². The summed E-state index contributed by atoms with van der Waals surface area (Å²) in [6.45, 7) is 0. The SMILES string of the molecule is [Cr].[GaH3].[Sc].[Ti].[V]. The minimum Gasteiger partial charge on any atom is 0 e. The molecule has 0 aromatic heterocycles. The molecule has 0 amide bonds. The Morgan fingerprint density at radius 1 is 1.00 bits per heavy atom. The van der Waals surface area contributed by atoms with Gasteiger partial charge in [0.25, 0.3) is 0 Å². The molecule has 0 spiro atoms. The fourth-order valence-corrected chi connectivity index (χ4v) is 0. The second-order valence-electron chi connectivity index (χ2n) is 0. The summed E-state index contributed by atoms with van der Waals surface area (Å²) >= 11 is 0. The van der Waals surface area contributed by atoms with E-state index < -0.39 is 0 Å². The Hall–Kier alpha value is 3.34. The zero-order valence-electron chi connectivity index (χ0n) is 1.93. The molecule has 0 bridgehead atoms. The molecule has 0 nitrogen and oxygen atoms in total. The molecule has 0 aliphatic heterocycles. The second-order valence-corrected chi connectivity index (χ2v) is 0. The molecule has 5 heavy (non-hydrogen) atoms.